The molecular weight excluding hydrogens is 235 g/mol. The highest BCUT2D eigenvalue weighted by atomic mass is 32.2. The summed E-state index contributed by atoms with van der Waals surface area (Å²) in [5.41, 5.74) is -4.08. The summed E-state index contributed by atoms with van der Waals surface area (Å²) in [6.07, 6.45) is 4.98. The van der Waals surface area contributed by atoms with Gasteiger partial charge in [0.1, 0.15) is 0 Å². The lowest BCUT2D eigenvalue weighted by atomic mass is 9.83. The van der Waals surface area contributed by atoms with E-state index in [1.54, 1.807) is 0 Å². The zero-order valence-electron chi connectivity index (χ0n) is 9.65. The van der Waals surface area contributed by atoms with E-state index in [9.17, 15) is 13.2 Å². The van der Waals surface area contributed by atoms with Gasteiger partial charge in [0.25, 0.3) is 0 Å². The molecule has 5 heteroatoms. The summed E-state index contributed by atoms with van der Waals surface area (Å²) in [6, 6.07) is 0. The molecule has 1 aliphatic carbocycles. The van der Waals surface area contributed by atoms with Crippen molar-refractivity contribution in [1.82, 2.24) is 5.32 Å². The van der Waals surface area contributed by atoms with E-state index in [4.69, 9.17) is 0 Å². The van der Waals surface area contributed by atoms with Crippen molar-refractivity contribution in [2.45, 2.75) is 38.1 Å². The number of halogens is 3. The van der Waals surface area contributed by atoms with Gasteiger partial charge in [-0.25, -0.2) is 0 Å². The number of hydrogen-bond donors (Lipinski definition) is 1. The predicted molar refractivity (Wildman–Crippen MR) is 62.5 cm³/mol. The molecule has 16 heavy (non-hydrogen) atoms. The fourth-order valence-electron chi connectivity index (χ4n) is 2.08. The van der Waals surface area contributed by atoms with Crippen LogP contribution in [0.3, 0.4) is 0 Å². The Bertz CT molecular complexity index is 188. The van der Waals surface area contributed by atoms with Gasteiger partial charge in [0.15, 0.2) is 0 Å². The Morgan fingerprint density at radius 3 is 2.38 bits per heavy atom. The molecule has 0 radical (unpaired) electrons. The Labute approximate surface area is 99.6 Å². The predicted octanol–water partition coefficient (Wildman–Crippen LogP) is 3.66. The van der Waals surface area contributed by atoms with Crippen LogP contribution in [-0.4, -0.2) is 24.4 Å². The van der Waals surface area contributed by atoms with Crippen LogP contribution in [-0.2, 0) is 0 Å². The molecule has 0 unspecified atom stereocenters. The minimum Gasteiger partial charge on any atom is -0.316 e. The maximum Gasteiger partial charge on any atom is 0.441 e. The van der Waals surface area contributed by atoms with Crippen molar-refractivity contribution in [1.29, 1.82) is 0 Å². The number of nitrogens with one attached hydrogen (secondary N) is 1. The van der Waals surface area contributed by atoms with Crippen molar-refractivity contribution >= 4 is 11.8 Å². The normalized spacial score (nSPS) is 27.0. The van der Waals surface area contributed by atoms with Crippen molar-refractivity contribution in [3.05, 3.63) is 0 Å². The van der Waals surface area contributed by atoms with Crippen LogP contribution in [0, 0.1) is 11.8 Å². The monoisotopic (exact) mass is 255 g/mol. The molecule has 1 N–H and O–H groups in total. The fourth-order valence-corrected chi connectivity index (χ4v) is 2.56. The Balaban J connectivity index is 1.95. The van der Waals surface area contributed by atoms with E-state index in [1.165, 1.54) is 25.7 Å². The molecule has 0 aromatic carbocycles. The molecule has 0 amide bonds. The number of hydrogen-bond acceptors (Lipinski definition) is 2. The van der Waals surface area contributed by atoms with Crippen LogP contribution in [0.15, 0.2) is 0 Å². The molecule has 0 aromatic heterocycles. The van der Waals surface area contributed by atoms with Crippen molar-refractivity contribution in [2.75, 3.05) is 18.8 Å². The molecule has 0 aromatic rings. The first-order valence-electron chi connectivity index (χ1n) is 5.89. The molecule has 0 bridgehead atoms. The van der Waals surface area contributed by atoms with E-state index in [0.717, 1.165) is 12.5 Å². The fraction of sp³-hybridized carbons (Fsp3) is 1.00. The smallest absolute Gasteiger partial charge is 0.316 e. The van der Waals surface area contributed by atoms with Crippen LogP contribution in [0.4, 0.5) is 13.2 Å². The van der Waals surface area contributed by atoms with Gasteiger partial charge in [-0.1, -0.05) is 19.8 Å². The van der Waals surface area contributed by atoms with E-state index < -0.39 is 5.51 Å². The van der Waals surface area contributed by atoms with Crippen molar-refractivity contribution in [3.63, 3.8) is 0 Å². The van der Waals surface area contributed by atoms with Crippen molar-refractivity contribution in [2.24, 2.45) is 11.8 Å². The highest BCUT2D eigenvalue weighted by Gasteiger charge is 2.27. The zero-order valence-corrected chi connectivity index (χ0v) is 10.5. The largest absolute Gasteiger partial charge is 0.441 e. The number of alkyl halides is 3. The van der Waals surface area contributed by atoms with E-state index in [1.807, 2.05) is 0 Å². The summed E-state index contributed by atoms with van der Waals surface area (Å²) in [5.74, 6) is 1.62. The minimum absolute atomic E-state index is 0.0581. The van der Waals surface area contributed by atoms with E-state index >= 15 is 0 Å². The average Bonchev–Trinajstić information content (AvgIpc) is 2.19. The molecule has 1 fully saturated rings. The first-order chi connectivity index (χ1) is 7.47. The molecule has 1 rings (SSSR count). The molecule has 1 saturated carbocycles. The van der Waals surface area contributed by atoms with Gasteiger partial charge in [0, 0.05) is 12.3 Å². The van der Waals surface area contributed by atoms with Gasteiger partial charge < -0.3 is 5.32 Å². The Kier molecular flexibility index (Phi) is 5.97. The maximum absolute atomic E-state index is 11.8. The molecule has 0 spiro atoms. The lowest BCUT2D eigenvalue weighted by Crippen LogP contribution is -2.28. The molecular formula is C11H20F3NS. The zero-order chi connectivity index (χ0) is 12.0. The summed E-state index contributed by atoms with van der Waals surface area (Å²) < 4.78 is 35.4. The van der Waals surface area contributed by atoms with Gasteiger partial charge in [-0.05, 0) is 43.0 Å². The summed E-state index contributed by atoms with van der Waals surface area (Å²) in [7, 11) is 0. The highest BCUT2D eigenvalue weighted by molar-refractivity contribution is 8.00. The molecule has 1 aliphatic rings. The quantitative estimate of drug-likeness (QED) is 0.752. The third kappa shape index (κ3) is 6.63. The van der Waals surface area contributed by atoms with E-state index in [-0.39, 0.29) is 17.5 Å². The van der Waals surface area contributed by atoms with Gasteiger partial charge in [0.2, 0.25) is 0 Å². The lowest BCUT2D eigenvalue weighted by Gasteiger charge is -2.26. The highest BCUT2D eigenvalue weighted by Crippen LogP contribution is 2.30. The van der Waals surface area contributed by atoms with Crippen LogP contribution in [0.2, 0.25) is 0 Å². The third-order valence-corrected chi connectivity index (χ3v) is 3.85. The first-order valence-corrected chi connectivity index (χ1v) is 6.87. The van der Waals surface area contributed by atoms with Crippen molar-refractivity contribution in [3.8, 4) is 0 Å². The Morgan fingerprint density at radius 2 is 1.81 bits per heavy atom. The molecule has 0 heterocycles. The van der Waals surface area contributed by atoms with E-state index in [2.05, 4.69) is 12.2 Å². The second-order valence-electron chi connectivity index (χ2n) is 4.62. The maximum atomic E-state index is 11.8. The number of thioether (sulfide) groups is 1. The topological polar surface area (TPSA) is 12.0 Å². The lowest BCUT2D eigenvalue weighted by molar-refractivity contribution is -0.0327. The summed E-state index contributed by atoms with van der Waals surface area (Å²) in [4.78, 5) is 0. The summed E-state index contributed by atoms with van der Waals surface area (Å²) in [6.45, 7) is 3.60. The standard InChI is InChI=1S/C11H20F3NS/c1-9-2-4-10(5-3-9)8-15-6-7-16-11(12,13)14/h9-10,15H,2-8H2,1H3. The van der Waals surface area contributed by atoms with E-state index in [0.29, 0.717) is 12.5 Å². The van der Waals surface area contributed by atoms with Crippen molar-refractivity contribution < 1.29 is 13.2 Å². The molecule has 96 valence electrons. The van der Waals surface area contributed by atoms with Crippen LogP contribution in [0.5, 0.6) is 0 Å². The SMILES string of the molecule is CC1CCC(CNCCSC(F)(F)F)CC1. The summed E-state index contributed by atoms with van der Waals surface area (Å²) >= 11 is 0.0581. The first kappa shape index (κ1) is 14.2. The second-order valence-corrected chi connectivity index (χ2v) is 5.78. The van der Waals surface area contributed by atoms with Crippen LogP contribution in [0.1, 0.15) is 32.6 Å². The Hall–Kier alpha value is 0.100. The van der Waals surface area contributed by atoms with Gasteiger partial charge in [-0.3, -0.25) is 0 Å². The number of rotatable bonds is 5. The van der Waals surface area contributed by atoms with Gasteiger partial charge in [-0.2, -0.15) is 13.2 Å². The van der Waals surface area contributed by atoms with Gasteiger partial charge in [0.05, 0.1) is 0 Å². The summed E-state index contributed by atoms with van der Waals surface area (Å²) in [5, 5.41) is 3.12. The molecule has 0 atom stereocenters. The van der Waals surface area contributed by atoms with Crippen LogP contribution >= 0.6 is 11.8 Å². The third-order valence-electron chi connectivity index (χ3n) is 3.11. The molecule has 0 aliphatic heterocycles. The van der Waals surface area contributed by atoms with Crippen LogP contribution in [0.25, 0.3) is 0 Å². The van der Waals surface area contributed by atoms with Crippen LogP contribution < -0.4 is 5.32 Å². The Morgan fingerprint density at radius 1 is 1.19 bits per heavy atom. The second kappa shape index (κ2) is 6.74. The average molecular weight is 255 g/mol. The minimum atomic E-state index is -4.08. The van der Waals surface area contributed by atoms with Gasteiger partial charge >= 0.3 is 5.51 Å². The molecule has 1 nitrogen and oxygen atoms in total. The van der Waals surface area contributed by atoms with Gasteiger partial charge in [-0.15, -0.1) is 0 Å². The molecule has 0 saturated heterocycles.